The van der Waals surface area contributed by atoms with Crippen molar-refractivity contribution in [3.8, 4) is 5.75 Å². The summed E-state index contributed by atoms with van der Waals surface area (Å²) in [6, 6.07) is 17.3. The summed E-state index contributed by atoms with van der Waals surface area (Å²) in [6.07, 6.45) is 4.49. The van der Waals surface area contributed by atoms with Crippen LogP contribution in [-0.4, -0.2) is 36.5 Å². The number of nitrogens with zero attached hydrogens (tertiary/aromatic N) is 1. The van der Waals surface area contributed by atoms with Crippen LogP contribution in [0.2, 0.25) is 0 Å². The maximum absolute atomic E-state index is 12.3. The Bertz CT molecular complexity index is 790. The van der Waals surface area contributed by atoms with Gasteiger partial charge in [0.05, 0.1) is 0 Å². The van der Waals surface area contributed by atoms with Gasteiger partial charge in [0.2, 0.25) is 0 Å². The minimum atomic E-state index is -0.0327. The van der Waals surface area contributed by atoms with Crippen molar-refractivity contribution in [2.45, 2.75) is 44.7 Å². The van der Waals surface area contributed by atoms with Gasteiger partial charge in [0, 0.05) is 25.2 Å². The summed E-state index contributed by atoms with van der Waals surface area (Å²) < 4.78 is 5.72. The van der Waals surface area contributed by atoms with Crippen molar-refractivity contribution in [2.24, 2.45) is 0 Å². The molecule has 4 rings (SSSR count). The lowest BCUT2D eigenvalue weighted by atomic mass is 10.1. The fraction of sp³-hybridized carbons (Fsp3) is 0.435. The molecule has 1 fully saturated rings. The van der Waals surface area contributed by atoms with Gasteiger partial charge in [-0.3, -0.25) is 9.69 Å². The van der Waals surface area contributed by atoms with Crippen molar-refractivity contribution in [1.82, 2.24) is 10.2 Å². The number of ether oxygens (including phenoxy) is 1. The van der Waals surface area contributed by atoms with Gasteiger partial charge in [0.1, 0.15) is 5.75 Å². The summed E-state index contributed by atoms with van der Waals surface area (Å²) in [5, 5.41) is 3.13. The van der Waals surface area contributed by atoms with Crippen LogP contribution in [0.1, 0.15) is 42.5 Å². The molecule has 0 bridgehead atoms. The van der Waals surface area contributed by atoms with E-state index in [1.807, 2.05) is 12.1 Å². The van der Waals surface area contributed by atoms with Crippen molar-refractivity contribution < 1.29 is 9.53 Å². The van der Waals surface area contributed by atoms with E-state index in [9.17, 15) is 4.79 Å². The van der Waals surface area contributed by atoms with Gasteiger partial charge in [-0.1, -0.05) is 36.4 Å². The van der Waals surface area contributed by atoms with Gasteiger partial charge in [-0.2, -0.15) is 0 Å². The molecule has 2 aliphatic rings. The molecule has 0 spiro atoms. The lowest BCUT2D eigenvalue weighted by Crippen LogP contribution is -2.40. The third-order valence-corrected chi connectivity index (χ3v) is 5.85. The molecule has 0 aromatic heterocycles. The van der Waals surface area contributed by atoms with E-state index in [0.29, 0.717) is 6.04 Å². The number of fused-ring (bicyclic) bond motifs is 1. The van der Waals surface area contributed by atoms with Crippen LogP contribution in [0, 0.1) is 0 Å². The number of amides is 1. The first-order valence-corrected chi connectivity index (χ1v) is 10.0. The zero-order valence-corrected chi connectivity index (χ0v) is 16.0. The number of carbonyl (C=O) groups excluding carboxylic acids is 1. The molecule has 27 heavy (non-hydrogen) atoms. The van der Waals surface area contributed by atoms with Gasteiger partial charge in [-0.25, -0.2) is 0 Å². The maximum Gasteiger partial charge on any atom is 0.258 e. The molecule has 0 saturated carbocycles. The largest absolute Gasteiger partial charge is 0.484 e. The molecule has 1 heterocycles. The van der Waals surface area contributed by atoms with Gasteiger partial charge in [-0.15, -0.1) is 0 Å². The summed E-state index contributed by atoms with van der Waals surface area (Å²) >= 11 is 0. The molecular weight excluding hydrogens is 336 g/mol. The van der Waals surface area contributed by atoms with Crippen LogP contribution in [0.5, 0.6) is 5.75 Å². The minimum absolute atomic E-state index is 0.0327. The normalized spacial score (nSPS) is 20.3. The smallest absolute Gasteiger partial charge is 0.258 e. The van der Waals surface area contributed by atoms with Gasteiger partial charge in [0.15, 0.2) is 6.61 Å². The Balaban J connectivity index is 1.24. The van der Waals surface area contributed by atoms with Gasteiger partial charge in [0.25, 0.3) is 5.91 Å². The standard InChI is InChI=1S/C23H28N2O2/c1-17(18-6-3-2-4-7-18)25-13-12-21(15-25)24-23(26)16-27-22-11-10-19-8-5-9-20(19)14-22/h2-4,6-7,10-11,14,17,21H,5,8-9,12-13,15-16H2,1H3,(H,24,26). The number of rotatable bonds is 6. The van der Waals surface area contributed by atoms with Crippen LogP contribution >= 0.6 is 0 Å². The molecule has 1 N–H and O–H groups in total. The Morgan fingerprint density at radius 1 is 1.19 bits per heavy atom. The molecule has 4 nitrogen and oxygen atoms in total. The monoisotopic (exact) mass is 364 g/mol. The Hall–Kier alpha value is -2.33. The quantitative estimate of drug-likeness (QED) is 0.853. The lowest BCUT2D eigenvalue weighted by Gasteiger charge is -2.24. The first kappa shape index (κ1) is 18.1. The zero-order chi connectivity index (χ0) is 18.6. The first-order chi connectivity index (χ1) is 13.2. The molecule has 1 aliphatic carbocycles. The zero-order valence-electron chi connectivity index (χ0n) is 16.0. The molecule has 1 saturated heterocycles. The highest BCUT2D eigenvalue weighted by atomic mass is 16.5. The third kappa shape index (κ3) is 4.33. The van der Waals surface area contributed by atoms with E-state index in [2.05, 4.69) is 53.5 Å². The van der Waals surface area contributed by atoms with Crippen molar-refractivity contribution >= 4 is 5.91 Å². The van der Waals surface area contributed by atoms with Crippen LogP contribution in [0.25, 0.3) is 0 Å². The molecule has 1 aliphatic heterocycles. The van der Waals surface area contributed by atoms with Crippen molar-refractivity contribution in [3.63, 3.8) is 0 Å². The van der Waals surface area contributed by atoms with Gasteiger partial charge < -0.3 is 10.1 Å². The van der Waals surface area contributed by atoms with Crippen LogP contribution in [0.4, 0.5) is 0 Å². The number of nitrogens with one attached hydrogen (secondary N) is 1. The van der Waals surface area contributed by atoms with Crippen LogP contribution in [0.15, 0.2) is 48.5 Å². The summed E-state index contributed by atoms with van der Waals surface area (Å²) in [4.78, 5) is 14.7. The molecule has 2 aromatic carbocycles. The second kappa shape index (κ2) is 8.13. The van der Waals surface area contributed by atoms with Crippen LogP contribution in [0.3, 0.4) is 0 Å². The SMILES string of the molecule is CC(c1ccccc1)N1CCC(NC(=O)COc2ccc3c(c2)CCC3)C1. The van der Waals surface area contributed by atoms with Crippen LogP contribution in [-0.2, 0) is 17.6 Å². The molecule has 142 valence electrons. The number of hydrogen-bond donors (Lipinski definition) is 1. The van der Waals surface area contributed by atoms with E-state index in [-0.39, 0.29) is 18.6 Å². The number of aryl methyl sites for hydroxylation is 2. The second-order valence-corrected chi connectivity index (χ2v) is 7.71. The Kier molecular flexibility index (Phi) is 5.44. The molecule has 2 atom stereocenters. The van der Waals surface area contributed by atoms with Crippen LogP contribution < -0.4 is 10.1 Å². The van der Waals surface area contributed by atoms with E-state index in [4.69, 9.17) is 4.74 Å². The van der Waals surface area contributed by atoms with E-state index in [1.165, 1.54) is 23.1 Å². The highest BCUT2D eigenvalue weighted by Crippen LogP contribution is 2.26. The molecule has 4 heteroatoms. The Morgan fingerprint density at radius 3 is 2.85 bits per heavy atom. The number of hydrogen-bond acceptors (Lipinski definition) is 3. The summed E-state index contributed by atoms with van der Waals surface area (Å²) in [7, 11) is 0. The Labute approximate surface area is 161 Å². The number of benzene rings is 2. The lowest BCUT2D eigenvalue weighted by molar-refractivity contribution is -0.123. The maximum atomic E-state index is 12.3. The second-order valence-electron chi connectivity index (χ2n) is 7.71. The first-order valence-electron chi connectivity index (χ1n) is 10.0. The predicted molar refractivity (Wildman–Crippen MR) is 107 cm³/mol. The molecular formula is C23H28N2O2. The average Bonchev–Trinajstić information content (AvgIpc) is 3.35. The van der Waals surface area contributed by atoms with Crippen molar-refractivity contribution in [2.75, 3.05) is 19.7 Å². The fourth-order valence-corrected chi connectivity index (χ4v) is 4.26. The predicted octanol–water partition coefficient (Wildman–Crippen LogP) is 3.51. The fourth-order valence-electron chi connectivity index (χ4n) is 4.26. The topological polar surface area (TPSA) is 41.6 Å². The highest BCUT2D eigenvalue weighted by Gasteiger charge is 2.27. The van der Waals surface area contributed by atoms with E-state index in [1.54, 1.807) is 0 Å². The minimum Gasteiger partial charge on any atom is -0.484 e. The molecule has 1 amide bonds. The number of carbonyl (C=O) groups is 1. The molecule has 2 unspecified atom stereocenters. The third-order valence-electron chi connectivity index (χ3n) is 5.85. The number of likely N-dealkylation sites (tertiary alicyclic amines) is 1. The summed E-state index contributed by atoms with van der Waals surface area (Å²) in [6.45, 7) is 4.22. The summed E-state index contributed by atoms with van der Waals surface area (Å²) in [5.74, 6) is 0.770. The summed E-state index contributed by atoms with van der Waals surface area (Å²) in [5.41, 5.74) is 4.11. The Morgan fingerprint density at radius 2 is 2.00 bits per heavy atom. The van der Waals surface area contributed by atoms with Gasteiger partial charge >= 0.3 is 0 Å². The van der Waals surface area contributed by atoms with Crippen molar-refractivity contribution in [3.05, 3.63) is 65.2 Å². The highest BCUT2D eigenvalue weighted by molar-refractivity contribution is 5.77. The van der Waals surface area contributed by atoms with E-state index >= 15 is 0 Å². The molecule has 2 aromatic rings. The molecule has 0 radical (unpaired) electrons. The van der Waals surface area contributed by atoms with Gasteiger partial charge in [-0.05, 0) is 61.4 Å². The average molecular weight is 364 g/mol. The van der Waals surface area contributed by atoms with E-state index in [0.717, 1.165) is 38.1 Å². The van der Waals surface area contributed by atoms with E-state index < -0.39 is 0 Å². The van der Waals surface area contributed by atoms with Crippen molar-refractivity contribution in [1.29, 1.82) is 0 Å².